The van der Waals surface area contributed by atoms with Crippen LogP contribution in [0.15, 0.2) is 54.7 Å². The number of imidazole rings is 1. The van der Waals surface area contributed by atoms with E-state index in [4.69, 9.17) is 4.74 Å². The number of hydrogen-bond acceptors (Lipinski definition) is 2. The fourth-order valence-corrected chi connectivity index (χ4v) is 3.43. The van der Waals surface area contributed by atoms with Crippen LogP contribution >= 0.6 is 0 Å². The number of rotatable bonds is 3. The molecule has 5 heteroatoms. The Morgan fingerprint density at radius 2 is 1.88 bits per heavy atom. The lowest BCUT2D eigenvalue weighted by atomic mass is 10.0. The summed E-state index contributed by atoms with van der Waals surface area (Å²) in [6.07, 6.45) is 3.89. The van der Waals surface area contributed by atoms with Gasteiger partial charge in [-0.2, -0.15) is 9.13 Å². The van der Waals surface area contributed by atoms with Crippen molar-refractivity contribution in [3.8, 4) is 17.1 Å². The second-order valence-corrected chi connectivity index (χ2v) is 6.14. The van der Waals surface area contributed by atoms with Crippen molar-refractivity contribution in [3.63, 3.8) is 0 Å². The van der Waals surface area contributed by atoms with E-state index in [0.29, 0.717) is 0 Å². The van der Waals surface area contributed by atoms with Gasteiger partial charge in [0.25, 0.3) is 5.82 Å². The Hall–Kier alpha value is -3.08. The van der Waals surface area contributed by atoms with E-state index in [1.165, 1.54) is 18.2 Å². The molecule has 1 amide bonds. The van der Waals surface area contributed by atoms with Gasteiger partial charge in [-0.25, -0.2) is 0 Å². The van der Waals surface area contributed by atoms with Crippen molar-refractivity contribution in [2.45, 2.75) is 19.8 Å². The molecule has 3 aromatic rings. The standard InChI is InChI=1S/C20H19N3O2/c1-14(24)21-19-13-22-18-6-4-3-5-15(18)7-12-20(22)23(19)16-8-10-17(25-2)11-9-16/h3-6,8-11,13H,7,12H2,1-2H3/p+1. The maximum Gasteiger partial charge on any atom is 0.268 e. The average molecular weight is 334 g/mol. The zero-order valence-electron chi connectivity index (χ0n) is 14.3. The van der Waals surface area contributed by atoms with Gasteiger partial charge in [-0.1, -0.05) is 18.2 Å². The summed E-state index contributed by atoms with van der Waals surface area (Å²) in [4.78, 5) is 11.7. The summed E-state index contributed by atoms with van der Waals surface area (Å²) in [6, 6.07) is 16.3. The minimum Gasteiger partial charge on any atom is -0.497 e. The Kier molecular flexibility index (Phi) is 3.76. The van der Waals surface area contributed by atoms with Gasteiger partial charge in [-0.05, 0) is 42.3 Å². The maximum atomic E-state index is 11.7. The molecule has 0 fully saturated rings. The van der Waals surface area contributed by atoms with Gasteiger partial charge < -0.3 is 4.74 Å². The molecule has 0 spiro atoms. The molecule has 1 aliphatic heterocycles. The van der Waals surface area contributed by atoms with Crippen LogP contribution in [0.3, 0.4) is 0 Å². The van der Waals surface area contributed by atoms with E-state index in [1.807, 2.05) is 36.5 Å². The Morgan fingerprint density at radius 1 is 1.12 bits per heavy atom. The van der Waals surface area contributed by atoms with Crippen LogP contribution in [-0.2, 0) is 17.6 Å². The molecule has 4 rings (SSSR count). The molecule has 0 saturated carbocycles. The third kappa shape index (κ3) is 2.67. The van der Waals surface area contributed by atoms with E-state index >= 15 is 0 Å². The molecule has 25 heavy (non-hydrogen) atoms. The van der Waals surface area contributed by atoms with Gasteiger partial charge in [0, 0.05) is 6.92 Å². The summed E-state index contributed by atoms with van der Waals surface area (Å²) in [5, 5.41) is 2.96. The van der Waals surface area contributed by atoms with Crippen LogP contribution in [0.25, 0.3) is 11.4 Å². The largest absolute Gasteiger partial charge is 0.497 e. The quantitative estimate of drug-likeness (QED) is 0.749. The third-order valence-corrected chi connectivity index (χ3v) is 4.53. The van der Waals surface area contributed by atoms with Crippen molar-refractivity contribution in [2.75, 3.05) is 12.4 Å². The smallest absolute Gasteiger partial charge is 0.268 e. The molecule has 126 valence electrons. The third-order valence-electron chi connectivity index (χ3n) is 4.53. The van der Waals surface area contributed by atoms with Crippen molar-refractivity contribution in [3.05, 3.63) is 66.1 Å². The van der Waals surface area contributed by atoms with Gasteiger partial charge in [0.1, 0.15) is 17.1 Å². The van der Waals surface area contributed by atoms with Crippen molar-refractivity contribution in [1.82, 2.24) is 4.57 Å². The lowest BCUT2D eigenvalue weighted by molar-refractivity contribution is -0.606. The van der Waals surface area contributed by atoms with Crippen LogP contribution < -0.4 is 14.6 Å². The van der Waals surface area contributed by atoms with Crippen molar-refractivity contribution in [1.29, 1.82) is 0 Å². The predicted octanol–water partition coefficient (Wildman–Crippen LogP) is 2.82. The minimum atomic E-state index is -0.0847. The first-order chi connectivity index (χ1) is 12.2. The molecule has 0 atom stereocenters. The number of fused-ring (bicyclic) bond motifs is 3. The number of amides is 1. The molecule has 0 unspecified atom stereocenters. The minimum absolute atomic E-state index is 0.0847. The lowest BCUT2D eigenvalue weighted by Gasteiger charge is -2.13. The molecule has 0 aliphatic carbocycles. The Balaban J connectivity index is 1.91. The SMILES string of the molecule is COc1ccc(-n2c(NC(C)=O)c[n+]3c2CCc2ccccc2-3)cc1. The molecule has 1 N–H and O–H groups in total. The topological polar surface area (TPSA) is 47.1 Å². The number of aromatic nitrogens is 2. The molecule has 0 radical (unpaired) electrons. The highest BCUT2D eigenvalue weighted by atomic mass is 16.5. The Labute approximate surface area is 146 Å². The van der Waals surface area contributed by atoms with Crippen LogP contribution in [0.4, 0.5) is 5.82 Å². The van der Waals surface area contributed by atoms with Gasteiger partial charge in [0.15, 0.2) is 6.20 Å². The number of carbonyl (C=O) groups excluding carboxylic acids is 1. The van der Waals surface area contributed by atoms with Gasteiger partial charge in [-0.15, -0.1) is 0 Å². The number of aryl methyl sites for hydroxylation is 1. The number of nitrogens with one attached hydrogen (secondary N) is 1. The molecule has 0 bridgehead atoms. The molecule has 2 heterocycles. The highest BCUT2D eigenvalue weighted by Crippen LogP contribution is 2.26. The second-order valence-electron chi connectivity index (χ2n) is 6.14. The van der Waals surface area contributed by atoms with Crippen molar-refractivity contribution < 1.29 is 14.1 Å². The molecule has 0 saturated heterocycles. The zero-order valence-corrected chi connectivity index (χ0v) is 14.3. The van der Waals surface area contributed by atoms with Crippen LogP contribution in [-0.4, -0.2) is 17.6 Å². The number of benzene rings is 2. The molecule has 2 aromatic carbocycles. The molecule has 5 nitrogen and oxygen atoms in total. The molecule has 1 aromatic heterocycles. The summed E-state index contributed by atoms with van der Waals surface area (Å²) in [5.74, 6) is 2.64. The molecular formula is C20H20N3O2+. The van der Waals surface area contributed by atoms with Crippen molar-refractivity contribution >= 4 is 11.7 Å². The van der Waals surface area contributed by atoms with Crippen LogP contribution in [0.2, 0.25) is 0 Å². The molecular weight excluding hydrogens is 314 g/mol. The van der Waals surface area contributed by atoms with E-state index in [0.717, 1.165) is 35.9 Å². The first kappa shape index (κ1) is 15.4. The number of anilines is 1. The van der Waals surface area contributed by atoms with Crippen LogP contribution in [0.5, 0.6) is 5.75 Å². The first-order valence-electron chi connectivity index (χ1n) is 8.34. The van der Waals surface area contributed by atoms with E-state index in [1.54, 1.807) is 7.11 Å². The zero-order chi connectivity index (χ0) is 17.4. The van der Waals surface area contributed by atoms with Gasteiger partial charge in [-0.3, -0.25) is 10.1 Å². The van der Waals surface area contributed by atoms with E-state index < -0.39 is 0 Å². The number of para-hydroxylation sites is 1. The summed E-state index contributed by atoms with van der Waals surface area (Å²) in [6.45, 7) is 1.53. The fraction of sp³-hybridized carbons (Fsp3) is 0.200. The number of nitrogens with zero attached hydrogens (tertiary/aromatic N) is 2. The predicted molar refractivity (Wildman–Crippen MR) is 95.6 cm³/mol. The number of ether oxygens (including phenoxy) is 1. The maximum absolute atomic E-state index is 11.7. The normalized spacial score (nSPS) is 12.2. The van der Waals surface area contributed by atoms with E-state index in [-0.39, 0.29) is 5.91 Å². The summed E-state index contributed by atoms with van der Waals surface area (Å²) < 4.78 is 9.54. The summed E-state index contributed by atoms with van der Waals surface area (Å²) >= 11 is 0. The van der Waals surface area contributed by atoms with Gasteiger partial charge >= 0.3 is 0 Å². The highest BCUT2D eigenvalue weighted by molar-refractivity contribution is 5.87. The highest BCUT2D eigenvalue weighted by Gasteiger charge is 2.31. The first-order valence-corrected chi connectivity index (χ1v) is 8.34. The monoisotopic (exact) mass is 334 g/mol. The van der Waals surface area contributed by atoms with Gasteiger partial charge in [0.2, 0.25) is 11.7 Å². The Morgan fingerprint density at radius 3 is 2.60 bits per heavy atom. The number of methoxy groups -OCH3 is 1. The van der Waals surface area contributed by atoms with Crippen LogP contribution in [0.1, 0.15) is 18.3 Å². The second kappa shape index (κ2) is 6.09. The molecule has 1 aliphatic rings. The van der Waals surface area contributed by atoms with Gasteiger partial charge in [0.05, 0.1) is 13.5 Å². The number of carbonyl (C=O) groups is 1. The van der Waals surface area contributed by atoms with Crippen LogP contribution in [0, 0.1) is 0 Å². The number of hydrogen-bond donors (Lipinski definition) is 1. The van der Waals surface area contributed by atoms with E-state index in [2.05, 4.69) is 32.7 Å². The summed E-state index contributed by atoms with van der Waals surface area (Å²) in [7, 11) is 1.65. The summed E-state index contributed by atoms with van der Waals surface area (Å²) in [5.41, 5.74) is 3.49. The van der Waals surface area contributed by atoms with Crippen molar-refractivity contribution in [2.24, 2.45) is 0 Å². The van der Waals surface area contributed by atoms with E-state index in [9.17, 15) is 4.79 Å². The lowest BCUT2D eigenvalue weighted by Crippen LogP contribution is -2.39. The fourth-order valence-electron chi connectivity index (χ4n) is 3.43. The Bertz CT molecular complexity index is 942. The average Bonchev–Trinajstić information content (AvgIpc) is 2.99.